The average molecular weight is 353 g/mol. The van der Waals surface area contributed by atoms with Crippen LogP contribution in [0.25, 0.3) is 0 Å². The Morgan fingerprint density at radius 1 is 1.33 bits per heavy atom. The topological polar surface area (TPSA) is 66.8 Å². The number of carbonyl (C=O) groups is 1. The van der Waals surface area contributed by atoms with Gasteiger partial charge in [0, 0.05) is 24.7 Å². The molecule has 0 aromatic carbocycles. The standard InChI is InChI=1S/C13H24NO4PS2/c1-4-9-20-19(17,21-10-5-2)12-14(11-13(15)16)7-8-18-6-3/h4-5H,1-2,6-12H2,3H3,(H,15,16). The van der Waals surface area contributed by atoms with E-state index in [0.29, 0.717) is 31.3 Å². The maximum atomic E-state index is 12.9. The lowest BCUT2D eigenvalue weighted by molar-refractivity contribution is -0.138. The van der Waals surface area contributed by atoms with Crippen molar-refractivity contribution in [2.45, 2.75) is 6.92 Å². The van der Waals surface area contributed by atoms with Gasteiger partial charge in [0.2, 0.25) is 5.55 Å². The molecule has 0 aromatic rings. The van der Waals surface area contributed by atoms with Gasteiger partial charge in [0.15, 0.2) is 0 Å². The third-order valence-corrected chi connectivity index (χ3v) is 10.4. The van der Waals surface area contributed by atoms with Gasteiger partial charge < -0.3 is 9.84 Å². The van der Waals surface area contributed by atoms with Gasteiger partial charge in [-0.15, -0.1) is 13.2 Å². The number of hydrogen-bond acceptors (Lipinski definition) is 6. The van der Waals surface area contributed by atoms with Crippen molar-refractivity contribution in [3.8, 4) is 0 Å². The van der Waals surface area contributed by atoms with Crippen LogP contribution in [-0.2, 0) is 14.1 Å². The lowest BCUT2D eigenvalue weighted by Gasteiger charge is -2.25. The van der Waals surface area contributed by atoms with Crippen LogP contribution in [0.15, 0.2) is 25.3 Å². The zero-order valence-electron chi connectivity index (χ0n) is 12.4. The number of aliphatic carboxylic acids is 1. The first-order chi connectivity index (χ1) is 9.97. The van der Waals surface area contributed by atoms with Crippen molar-refractivity contribution >= 4 is 34.3 Å². The van der Waals surface area contributed by atoms with Gasteiger partial charge >= 0.3 is 5.97 Å². The van der Waals surface area contributed by atoms with E-state index in [2.05, 4.69) is 13.2 Å². The number of ether oxygens (including phenoxy) is 1. The van der Waals surface area contributed by atoms with Crippen molar-refractivity contribution in [1.29, 1.82) is 0 Å². The Kier molecular flexibility index (Phi) is 12.2. The molecule has 0 radical (unpaired) electrons. The maximum absolute atomic E-state index is 12.9. The fraction of sp³-hybridized carbons (Fsp3) is 0.615. The third-order valence-electron chi connectivity index (χ3n) is 2.27. The highest BCUT2D eigenvalue weighted by atomic mass is 33.1. The van der Waals surface area contributed by atoms with Gasteiger partial charge in [-0.3, -0.25) is 14.3 Å². The highest BCUT2D eigenvalue weighted by molar-refractivity contribution is 8.90. The summed E-state index contributed by atoms with van der Waals surface area (Å²) >= 11 is 2.67. The van der Waals surface area contributed by atoms with E-state index in [0.717, 1.165) is 0 Å². The molecule has 122 valence electrons. The third kappa shape index (κ3) is 11.1. The molecule has 5 nitrogen and oxygen atoms in total. The van der Waals surface area contributed by atoms with Crippen LogP contribution >= 0.6 is 28.3 Å². The number of carboxylic acids is 1. The van der Waals surface area contributed by atoms with E-state index in [9.17, 15) is 9.36 Å². The molecule has 0 saturated heterocycles. The van der Waals surface area contributed by atoms with E-state index >= 15 is 0 Å². The van der Waals surface area contributed by atoms with Gasteiger partial charge in [0.05, 0.1) is 19.4 Å². The number of hydrogen-bond donors (Lipinski definition) is 1. The second kappa shape index (κ2) is 12.4. The lowest BCUT2D eigenvalue weighted by Crippen LogP contribution is -2.33. The highest BCUT2D eigenvalue weighted by Gasteiger charge is 2.27. The highest BCUT2D eigenvalue weighted by Crippen LogP contribution is 2.69. The van der Waals surface area contributed by atoms with Crippen LogP contribution in [-0.4, -0.2) is 60.1 Å². The summed E-state index contributed by atoms with van der Waals surface area (Å²) in [5.41, 5.74) is -2.62. The molecule has 0 bridgehead atoms. The summed E-state index contributed by atoms with van der Waals surface area (Å²) in [6.07, 6.45) is 3.64. The van der Waals surface area contributed by atoms with Crippen molar-refractivity contribution in [3.05, 3.63) is 25.3 Å². The molecule has 0 amide bonds. The van der Waals surface area contributed by atoms with E-state index in [1.165, 1.54) is 22.8 Å². The SMILES string of the molecule is C=CCSP(=O)(CN(CCOCC)CC(=O)O)SCC=C. The van der Waals surface area contributed by atoms with Crippen molar-refractivity contribution in [1.82, 2.24) is 4.90 Å². The summed E-state index contributed by atoms with van der Waals surface area (Å²) in [6.45, 7) is 10.5. The second-order valence-corrected chi connectivity index (χ2v) is 12.5. The van der Waals surface area contributed by atoms with Crippen LogP contribution in [0.3, 0.4) is 0 Å². The Balaban J connectivity index is 4.73. The van der Waals surface area contributed by atoms with E-state index in [4.69, 9.17) is 9.84 Å². The van der Waals surface area contributed by atoms with Gasteiger partial charge in [-0.25, -0.2) is 0 Å². The van der Waals surface area contributed by atoms with Crippen LogP contribution in [0.2, 0.25) is 0 Å². The Bertz CT molecular complexity index is 363. The largest absolute Gasteiger partial charge is 0.480 e. The van der Waals surface area contributed by atoms with E-state index in [1.54, 1.807) is 17.1 Å². The summed E-state index contributed by atoms with van der Waals surface area (Å²) in [6, 6.07) is 0. The summed E-state index contributed by atoms with van der Waals surface area (Å²) in [5, 5.41) is 8.97. The van der Waals surface area contributed by atoms with Crippen molar-refractivity contribution < 1.29 is 19.2 Å². The Morgan fingerprint density at radius 2 is 1.90 bits per heavy atom. The predicted molar refractivity (Wildman–Crippen MR) is 93.5 cm³/mol. The summed E-state index contributed by atoms with van der Waals surface area (Å²) in [5.74, 6) is 0.224. The smallest absolute Gasteiger partial charge is 0.317 e. The van der Waals surface area contributed by atoms with Gasteiger partial charge in [-0.2, -0.15) is 0 Å². The average Bonchev–Trinajstić information content (AvgIpc) is 2.42. The van der Waals surface area contributed by atoms with Gasteiger partial charge in [0.1, 0.15) is 0 Å². The molecule has 21 heavy (non-hydrogen) atoms. The minimum atomic E-state index is -2.62. The van der Waals surface area contributed by atoms with Crippen LogP contribution in [0.1, 0.15) is 6.92 Å². The van der Waals surface area contributed by atoms with Crippen molar-refractivity contribution in [3.63, 3.8) is 0 Å². The Labute approximate surface area is 135 Å². The molecule has 1 N–H and O–H groups in total. The molecule has 0 aliphatic rings. The summed E-state index contributed by atoms with van der Waals surface area (Å²) in [4.78, 5) is 12.6. The zero-order valence-corrected chi connectivity index (χ0v) is 14.9. The number of carboxylic acid groups (broad SMARTS) is 1. The Hall–Kier alpha value is -0.200. The first-order valence-electron chi connectivity index (χ1n) is 6.59. The van der Waals surface area contributed by atoms with Crippen LogP contribution in [0.5, 0.6) is 0 Å². The normalized spacial score (nSPS) is 11.5. The number of nitrogens with zero attached hydrogens (tertiary/aromatic N) is 1. The summed E-state index contributed by atoms with van der Waals surface area (Å²) in [7, 11) is 0. The molecule has 0 aromatic heterocycles. The summed E-state index contributed by atoms with van der Waals surface area (Å²) < 4.78 is 18.2. The van der Waals surface area contributed by atoms with Crippen LogP contribution in [0.4, 0.5) is 0 Å². The first-order valence-corrected chi connectivity index (χ1v) is 11.7. The molecule has 0 rings (SSSR count). The molecule has 0 unspecified atom stereocenters. The molecule has 0 fully saturated rings. The quantitative estimate of drug-likeness (QED) is 0.292. The molecule has 0 spiro atoms. The fourth-order valence-electron chi connectivity index (χ4n) is 1.43. The maximum Gasteiger partial charge on any atom is 0.317 e. The van der Waals surface area contributed by atoms with Gasteiger partial charge in [0.25, 0.3) is 0 Å². The van der Waals surface area contributed by atoms with E-state index in [-0.39, 0.29) is 12.8 Å². The Morgan fingerprint density at radius 3 is 2.33 bits per heavy atom. The van der Waals surface area contributed by atoms with Crippen LogP contribution < -0.4 is 0 Å². The zero-order chi connectivity index (χ0) is 16.1. The first kappa shape index (κ1) is 20.8. The van der Waals surface area contributed by atoms with E-state index < -0.39 is 11.5 Å². The molecule has 0 aliphatic heterocycles. The monoisotopic (exact) mass is 353 g/mol. The lowest BCUT2D eigenvalue weighted by atomic mass is 10.5. The minimum absolute atomic E-state index is 0.139. The minimum Gasteiger partial charge on any atom is -0.480 e. The molecular weight excluding hydrogens is 329 g/mol. The van der Waals surface area contributed by atoms with Crippen molar-refractivity contribution in [2.24, 2.45) is 0 Å². The van der Waals surface area contributed by atoms with E-state index in [1.807, 2.05) is 6.92 Å². The van der Waals surface area contributed by atoms with Crippen molar-refractivity contribution in [2.75, 3.05) is 44.1 Å². The fourth-order valence-corrected chi connectivity index (χ4v) is 8.51. The van der Waals surface area contributed by atoms with Gasteiger partial charge in [-0.05, 0) is 6.92 Å². The molecule has 0 saturated carbocycles. The second-order valence-electron chi connectivity index (χ2n) is 4.06. The number of rotatable bonds is 14. The molecular formula is C13H24NO4PS2. The predicted octanol–water partition coefficient (Wildman–Crippen LogP) is 3.40. The van der Waals surface area contributed by atoms with Crippen LogP contribution in [0, 0.1) is 0 Å². The molecule has 8 heteroatoms. The molecule has 0 atom stereocenters. The van der Waals surface area contributed by atoms with Gasteiger partial charge in [-0.1, -0.05) is 34.9 Å². The molecule has 0 heterocycles. The molecule has 0 aliphatic carbocycles.